The number of sulfonamides is 1. The van der Waals surface area contributed by atoms with Gasteiger partial charge < -0.3 is 5.32 Å². The van der Waals surface area contributed by atoms with E-state index in [1.165, 1.54) is 15.6 Å². The molecular weight excluding hydrogens is 292 g/mol. The Morgan fingerprint density at radius 1 is 1.35 bits per heavy atom. The highest BCUT2D eigenvalue weighted by Crippen LogP contribution is 2.25. The Morgan fingerprint density at radius 3 is 2.45 bits per heavy atom. The SMILES string of the molecule is CC(C)NCc1csc(S(=O)(=O)N(C)CC(C)(C)C)c1. The molecule has 0 aliphatic rings. The minimum absolute atomic E-state index is 0.0545. The van der Waals surface area contributed by atoms with Crippen LogP contribution in [-0.4, -0.2) is 32.4 Å². The summed E-state index contributed by atoms with van der Waals surface area (Å²) in [6.45, 7) is 11.4. The van der Waals surface area contributed by atoms with Crippen molar-refractivity contribution in [2.75, 3.05) is 13.6 Å². The summed E-state index contributed by atoms with van der Waals surface area (Å²) >= 11 is 1.29. The minimum atomic E-state index is -3.37. The first-order valence-electron chi connectivity index (χ1n) is 6.79. The molecule has 1 N–H and O–H groups in total. The van der Waals surface area contributed by atoms with E-state index in [4.69, 9.17) is 0 Å². The molecule has 0 saturated carbocycles. The molecule has 1 aromatic rings. The Labute approximate surface area is 127 Å². The number of hydrogen-bond donors (Lipinski definition) is 1. The van der Waals surface area contributed by atoms with Crippen LogP contribution in [-0.2, 0) is 16.6 Å². The van der Waals surface area contributed by atoms with Gasteiger partial charge >= 0.3 is 0 Å². The summed E-state index contributed by atoms with van der Waals surface area (Å²) in [5, 5.41) is 5.20. The van der Waals surface area contributed by atoms with Crippen molar-refractivity contribution in [1.29, 1.82) is 0 Å². The molecule has 0 bridgehead atoms. The Morgan fingerprint density at radius 2 is 1.95 bits per heavy atom. The predicted molar refractivity (Wildman–Crippen MR) is 85.6 cm³/mol. The lowest BCUT2D eigenvalue weighted by Crippen LogP contribution is -2.34. The fourth-order valence-corrected chi connectivity index (χ4v) is 4.63. The summed E-state index contributed by atoms with van der Waals surface area (Å²) in [4.78, 5) is 0. The van der Waals surface area contributed by atoms with Crippen molar-refractivity contribution in [1.82, 2.24) is 9.62 Å². The topological polar surface area (TPSA) is 49.4 Å². The van der Waals surface area contributed by atoms with Crippen molar-refractivity contribution in [2.45, 2.75) is 51.4 Å². The van der Waals surface area contributed by atoms with E-state index in [2.05, 4.69) is 19.2 Å². The van der Waals surface area contributed by atoms with Crippen molar-refractivity contribution >= 4 is 21.4 Å². The molecule has 116 valence electrons. The van der Waals surface area contributed by atoms with Crippen LogP contribution in [0, 0.1) is 5.41 Å². The van der Waals surface area contributed by atoms with Crippen LogP contribution in [0.3, 0.4) is 0 Å². The van der Waals surface area contributed by atoms with Crippen LogP contribution in [0.2, 0.25) is 0 Å². The molecule has 0 amide bonds. The monoisotopic (exact) mass is 318 g/mol. The van der Waals surface area contributed by atoms with Gasteiger partial charge in [0.1, 0.15) is 4.21 Å². The van der Waals surface area contributed by atoms with Crippen LogP contribution in [0.15, 0.2) is 15.7 Å². The van der Waals surface area contributed by atoms with Crippen LogP contribution in [0.25, 0.3) is 0 Å². The van der Waals surface area contributed by atoms with Crippen LogP contribution < -0.4 is 5.32 Å². The Kier molecular flexibility index (Phi) is 5.78. The fraction of sp³-hybridized carbons (Fsp3) is 0.714. The van der Waals surface area contributed by atoms with E-state index in [-0.39, 0.29) is 5.41 Å². The van der Waals surface area contributed by atoms with Crippen LogP contribution in [0.1, 0.15) is 40.2 Å². The smallest absolute Gasteiger partial charge is 0.252 e. The second kappa shape index (κ2) is 6.56. The summed E-state index contributed by atoms with van der Waals surface area (Å²) in [5.41, 5.74) is 0.965. The summed E-state index contributed by atoms with van der Waals surface area (Å²) < 4.78 is 26.8. The molecule has 4 nitrogen and oxygen atoms in total. The molecule has 20 heavy (non-hydrogen) atoms. The Hall–Kier alpha value is -0.430. The van der Waals surface area contributed by atoms with Gasteiger partial charge in [-0.25, -0.2) is 8.42 Å². The molecule has 6 heteroatoms. The van der Waals surface area contributed by atoms with E-state index in [0.29, 0.717) is 23.3 Å². The standard InChI is InChI=1S/C14H26N2O2S2/c1-11(2)15-8-12-7-13(19-9-12)20(17,18)16(6)10-14(3,4)5/h7,9,11,15H,8,10H2,1-6H3. The van der Waals surface area contributed by atoms with Gasteiger partial charge in [0, 0.05) is 26.2 Å². The largest absolute Gasteiger partial charge is 0.310 e. The van der Waals surface area contributed by atoms with Crippen molar-refractivity contribution in [3.05, 3.63) is 17.0 Å². The van der Waals surface area contributed by atoms with Gasteiger partial charge in [0.2, 0.25) is 0 Å². The molecule has 0 aliphatic heterocycles. The van der Waals surface area contributed by atoms with E-state index < -0.39 is 10.0 Å². The van der Waals surface area contributed by atoms with Crippen molar-refractivity contribution < 1.29 is 8.42 Å². The number of nitrogens with one attached hydrogen (secondary N) is 1. The quantitative estimate of drug-likeness (QED) is 0.877. The van der Waals surface area contributed by atoms with E-state index >= 15 is 0 Å². The van der Waals surface area contributed by atoms with E-state index in [1.807, 2.05) is 26.2 Å². The Bertz CT molecular complexity index is 528. The maximum Gasteiger partial charge on any atom is 0.252 e. The van der Waals surface area contributed by atoms with Crippen molar-refractivity contribution in [3.63, 3.8) is 0 Å². The normalized spacial score (nSPS) is 13.4. The average Bonchev–Trinajstić information content (AvgIpc) is 2.72. The third kappa shape index (κ3) is 5.16. The van der Waals surface area contributed by atoms with Crippen LogP contribution in [0.4, 0.5) is 0 Å². The van der Waals surface area contributed by atoms with Gasteiger partial charge in [0.15, 0.2) is 0 Å². The van der Waals surface area contributed by atoms with Gasteiger partial charge in [-0.2, -0.15) is 4.31 Å². The predicted octanol–water partition coefficient (Wildman–Crippen LogP) is 2.91. The third-order valence-electron chi connectivity index (χ3n) is 2.71. The molecule has 0 aromatic carbocycles. The fourth-order valence-electron chi connectivity index (χ4n) is 1.81. The zero-order chi connectivity index (χ0) is 15.6. The number of nitrogens with zero attached hydrogens (tertiary/aromatic N) is 1. The molecular formula is C14H26N2O2S2. The van der Waals surface area contributed by atoms with Crippen LogP contribution in [0.5, 0.6) is 0 Å². The lowest BCUT2D eigenvalue weighted by atomic mass is 9.97. The summed E-state index contributed by atoms with van der Waals surface area (Å²) in [6, 6.07) is 2.16. The van der Waals surface area contributed by atoms with Crippen LogP contribution >= 0.6 is 11.3 Å². The molecule has 1 aromatic heterocycles. The van der Waals surface area contributed by atoms with E-state index in [1.54, 1.807) is 13.1 Å². The zero-order valence-electron chi connectivity index (χ0n) is 13.2. The highest BCUT2D eigenvalue weighted by Gasteiger charge is 2.26. The molecule has 0 unspecified atom stereocenters. The first kappa shape index (κ1) is 17.6. The minimum Gasteiger partial charge on any atom is -0.310 e. The molecule has 0 saturated heterocycles. The molecule has 0 aliphatic carbocycles. The maximum absolute atomic E-state index is 12.5. The number of rotatable bonds is 6. The van der Waals surface area contributed by atoms with Gasteiger partial charge in [0.25, 0.3) is 10.0 Å². The summed E-state index contributed by atoms with van der Waals surface area (Å²) in [5.74, 6) is 0. The molecule has 0 atom stereocenters. The van der Waals surface area contributed by atoms with Gasteiger partial charge in [-0.3, -0.25) is 0 Å². The molecule has 0 radical (unpaired) electrons. The van der Waals surface area contributed by atoms with Gasteiger partial charge in [-0.15, -0.1) is 11.3 Å². The number of hydrogen-bond acceptors (Lipinski definition) is 4. The lowest BCUT2D eigenvalue weighted by molar-refractivity contribution is 0.311. The number of thiophene rings is 1. The first-order chi connectivity index (χ1) is 9.02. The maximum atomic E-state index is 12.5. The highest BCUT2D eigenvalue weighted by atomic mass is 32.2. The average molecular weight is 319 g/mol. The Balaban J connectivity index is 2.83. The van der Waals surface area contributed by atoms with Gasteiger partial charge in [-0.1, -0.05) is 34.6 Å². The van der Waals surface area contributed by atoms with Crippen molar-refractivity contribution in [3.8, 4) is 0 Å². The van der Waals surface area contributed by atoms with E-state index in [0.717, 1.165) is 5.56 Å². The highest BCUT2D eigenvalue weighted by molar-refractivity contribution is 7.91. The van der Waals surface area contributed by atoms with Crippen molar-refractivity contribution in [2.24, 2.45) is 5.41 Å². The third-order valence-corrected chi connectivity index (χ3v) is 5.97. The second-order valence-electron chi connectivity index (χ2n) is 6.63. The van der Waals surface area contributed by atoms with Gasteiger partial charge in [0.05, 0.1) is 0 Å². The summed E-state index contributed by atoms with van der Waals surface area (Å²) in [6.07, 6.45) is 0. The molecule has 1 rings (SSSR count). The van der Waals surface area contributed by atoms with E-state index in [9.17, 15) is 8.42 Å². The van der Waals surface area contributed by atoms with Gasteiger partial charge in [-0.05, 0) is 22.4 Å². The molecule has 1 heterocycles. The second-order valence-corrected chi connectivity index (χ2v) is 9.81. The lowest BCUT2D eigenvalue weighted by Gasteiger charge is -2.25. The molecule has 0 spiro atoms. The summed E-state index contributed by atoms with van der Waals surface area (Å²) in [7, 11) is -1.72. The first-order valence-corrected chi connectivity index (χ1v) is 9.11. The molecule has 0 fully saturated rings. The zero-order valence-corrected chi connectivity index (χ0v) is 14.9.